The summed E-state index contributed by atoms with van der Waals surface area (Å²) in [6.45, 7) is 1.86. The Morgan fingerprint density at radius 3 is 3.00 bits per heavy atom. The second-order valence-corrected chi connectivity index (χ2v) is 7.30. The maximum Gasteiger partial charge on any atom is 0.195 e. The van der Waals surface area contributed by atoms with Gasteiger partial charge < -0.3 is 10.6 Å². The topological polar surface area (TPSA) is 46.6 Å². The van der Waals surface area contributed by atoms with E-state index in [1.807, 2.05) is 0 Å². The van der Waals surface area contributed by atoms with Gasteiger partial charge in [0.05, 0.1) is 5.69 Å². The minimum Gasteiger partial charge on any atom is -0.352 e. The molecule has 0 amide bonds. The zero-order valence-electron chi connectivity index (χ0n) is 12.5. The summed E-state index contributed by atoms with van der Waals surface area (Å²) in [4.78, 5) is 8.70. The molecule has 4 rings (SSSR count). The first-order valence-electron chi connectivity index (χ1n) is 8.29. The Hall–Kier alpha value is -1.07. The average Bonchev–Trinajstić information content (AvgIpc) is 3.10. The quantitative estimate of drug-likeness (QED) is 0.948. The third-order valence-corrected chi connectivity index (χ3v) is 5.99. The number of nitrogens with zero attached hydrogens (tertiary/aromatic N) is 3. The number of imidazole rings is 1. The number of fused-ring (bicyclic) bond motifs is 2. The van der Waals surface area contributed by atoms with E-state index >= 15 is 0 Å². The molecule has 4 nitrogen and oxygen atoms in total. The fraction of sp³-hybridized carbons (Fsp3) is 0.688. The number of rotatable bonds is 3. The van der Waals surface area contributed by atoms with Crippen molar-refractivity contribution in [1.82, 2.24) is 9.38 Å². The molecule has 1 saturated heterocycles. The molecule has 2 N–H and O–H groups in total. The second kappa shape index (κ2) is 5.61. The summed E-state index contributed by atoms with van der Waals surface area (Å²) < 4.78 is 2.25. The van der Waals surface area contributed by atoms with Crippen LogP contribution < -0.4 is 10.6 Å². The molecule has 0 aromatic carbocycles. The molecule has 0 bridgehead atoms. The number of thiazole rings is 1. The first kappa shape index (κ1) is 13.6. The monoisotopic (exact) mass is 304 g/mol. The number of anilines is 1. The average molecular weight is 304 g/mol. The van der Waals surface area contributed by atoms with Crippen LogP contribution in [0, 0.1) is 5.92 Å². The largest absolute Gasteiger partial charge is 0.352 e. The Kier molecular flexibility index (Phi) is 3.63. The number of aromatic nitrogens is 2. The molecule has 5 heteroatoms. The third kappa shape index (κ3) is 2.27. The van der Waals surface area contributed by atoms with Crippen LogP contribution in [0.2, 0.25) is 0 Å². The SMILES string of the molecule is NCCc1c(N2CCCC3CCCCC32)nc2sccn12. The summed E-state index contributed by atoms with van der Waals surface area (Å²) in [5.41, 5.74) is 7.17. The van der Waals surface area contributed by atoms with Crippen LogP contribution in [0.4, 0.5) is 5.82 Å². The predicted molar refractivity (Wildman–Crippen MR) is 88.2 cm³/mol. The normalized spacial score (nSPS) is 26.2. The molecule has 1 aliphatic carbocycles. The number of nitrogens with two attached hydrogens (primary N) is 1. The van der Waals surface area contributed by atoms with Crippen molar-refractivity contribution in [3.05, 3.63) is 17.3 Å². The van der Waals surface area contributed by atoms with Gasteiger partial charge in [0.1, 0.15) is 0 Å². The molecule has 2 atom stereocenters. The highest BCUT2D eigenvalue weighted by Crippen LogP contribution is 2.39. The van der Waals surface area contributed by atoms with Gasteiger partial charge in [-0.1, -0.05) is 12.8 Å². The van der Waals surface area contributed by atoms with E-state index in [2.05, 4.69) is 20.9 Å². The van der Waals surface area contributed by atoms with Gasteiger partial charge >= 0.3 is 0 Å². The van der Waals surface area contributed by atoms with Crippen LogP contribution in [0.15, 0.2) is 11.6 Å². The van der Waals surface area contributed by atoms with E-state index in [1.165, 1.54) is 56.6 Å². The molecular formula is C16H24N4S. The second-order valence-electron chi connectivity index (χ2n) is 6.42. The molecular weight excluding hydrogens is 280 g/mol. The van der Waals surface area contributed by atoms with E-state index in [0.29, 0.717) is 12.6 Å². The van der Waals surface area contributed by atoms with Gasteiger partial charge in [-0.3, -0.25) is 4.40 Å². The van der Waals surface area contributed by atoms with Gasteiger partial charge in [0, 0.05) is 30.6 Å². The lowest BCUT2D eigenvalue weighted by Crippen LogP contribution is -2.47. The standard InChI is InChI=1S/C16H24N4S/c17-8-7-14-15(18-16-20(14)10-11-21-16)19-9-3-5-12-4-1-2-6-13(12)19/h10-13H,1-9,17H2. The minimum atomic E-state index is 0.693. The zero-order chi connectivity index (χ0) is 14.2. The van der Waals surface area contributed by atoms with E-state index in [0.717, 1.165) is 17.3 Å². The Morgan fingerprint density at radius 1 is 1.24 bits per heavy atom. The maximum absolute atomic E-state index is 5.85. The van der Waals surface area contributed by atoms with Crippen molar-refractivity contribution < 1.29 is 0 Å². The van der Waals surface area contributed by atoms with Crippen molar-refractivity contribution in [2.75, 3.05) is 18.0 Å². The molecule has 1 aliphatic heterocycles. The highest BCUT2D eigenvalue weighted by atomic mass is 32.1. The number of hydrogen-bond acceptors (Lipinski definition) is 4. The van der Waals surface area contributed by atoms with Gasteiger partial charge in [-0.25, -0.2) is 4.98 Å². The number of hydrogen-bond donors (Lipinski definition) is 1. The van der Waals surface area contributed by atoms with E-state index in [9.17, 15) is 0 Å². The lowest BCUT2D eigenvalue weighted by atomic mass is 9.78. The summed E-state index contributed by atoms with van der Waals surface area (Å²) in [7, 11) is 0. The third-order valence-electron chi connectivity index (χ3n) is 5.24. The fourth-order valence-electron chi connectivity index (χ4n) is 4.31. The molecule has 0 radical (unpaired) electrons. The summed E-state index contributed by atoms with van der Waals surface area (Å²) in [6.07, 6.45) is 11.3. The van der Waals surface area contributed by atoms with Crippen LogP contribution in [0.5, 0.6) is 0 Å². The van der Waals surface area contributed by atoms with E-state index < -0.39 is 0 Å². The molecule has 1 saturated carbocycles. The van der Waals surface area contributed by atoms with Crippen molar-refractivity contribution in [2.24, 2.45) is 11.7 Å². The lowest BCUT2D eigenvalue weighted by molar-refractivity contribution is 0.242. The Bertz CT molecular complexity index is 615. The molecule has 21 heavy (non-hydrogen) atoms. The van der Waals surface area contributed by atoms with Gasteiger partial charge in [0.25, 0.3) is 0 Å². The molecule has 3 heterocycles. The van der Waals surface area contributed by atoms with Crippen molar-refractivity contribution >= 4 is 22.1 Å². The Labute approximate surface area is 130 Å². The molecule has 2 fully saturated rings. The molecule has 0 spiro atoms. The van der Waals surface area contributed by atoms with Gasteiger partial charge in [-0.15, -0.1) is 11.3 Å². The summed E-state index contributed by atoms with van der Waals surface area (Å²) in [5, 5.41) is 2.12. The van der Waals surface area contributed by atoms with Gasteiger partial charge in [0.15, 0.2) is 10.8 Å². The van der Waals surface area contributed by atoms with E-state index in [1.54, 1.807) is 11.3 Å². The van der Waals surface area contributed by atoms with Crippen molar-refractivity contribution in [3.63, 3.8) is 0 Å². The van der Waals surface area contributed by atoms with Crippen LogP contribution in [-0.2, 0) is 6.42 Å². The maximum atomic E-state index is 5.85. The minimum absolute atomic E-state index is 0.693. The smallest absolute Gasteiger partial charge is 0.195 e. The number of piperidine rings is 1. The first-order chi connectivity index (χ1) is 10.4. The lowest BCUT2D eigenvalue weighted by Gasteiger charge is -2.44. The Morgan fingerprint density at radius 2 is 2.10 bits per heavy atom. The van der Waals surface area contributed by atoms with Crippen LogP contribution in [-0.4, -0.2) is 28.5 Å². The van der Waals surface area contributed by atoms with Crippen LogP contribution in [0.1, 0.15) is 44.2 Å². The van der Waals surface area contributed by atoms with Gasteiger partial charge in [0.2, 0.25) is 0 Å². The van der Waals surface area contributed by atoms with E-state index in [4.69, 9.17) is 10.7 Å². The first-order valence-corrected chi connectivity index (χ1v) is 9.17. The fourth-order valence-corrected chi connectivity index (χ4v) is 5.04. The summed E-state index contributed by atoms with van der Waals surface area (Å²) in [6, 6.07) is 0.716. The molecule has 2 aromatic heterocycles. The van der Waals surface area contributed by atoms with Crippen molar-refractivity contribution in [1.29, 1.82) is 0 Å². The Balaban J connectivity index is 1.73. The molecule has 114 valence electrons. The van der Waals surface area contributed by atoms with Gasteiger partial charge in [-0.05, 0) is 38.1 Å². The van der Waals surface area contributed by atoms with Crippen LogP contribution >= 0.6 is 11.3 Å². The zero-order valence-corrected chi connectivity index (χ0v) is 13.3. The van der Waals surface area contributed by atoms with Gasteiger partial charge in [-0.2, -0.15) is 0 Å². The van der Waals surface area contributed by atoms with Crippen molar-refractivity contribution in [2.45, 2.75) is 51.0 Å². The summed E-state index contributed by atoms with van der Waals surface area (Å²) >= 11 is 1.73. The highest BCUT2D eigenvalue weighted by molar-refractivity contribution is 7.15. The highest BCUT2D eigenvalue weighted by Gasteiger charge is 2.35. The van der Waals surface area contributed by atoms with E-state index in [-0.39, 0.29) is 0 Å². The summed E-state index contributed by atoms with van der Waals surface area (Å²) in [5.74, 6) is 2.11. The molecule has 2 aromatic rings. The molecule has 2 aliphatic rings. The predicted octanol–water partition coefficient (Wildman–Crippen LogP) is 3.06. The van der Waals surface area contributed by atoms with Crippen molar-refractivity contribution in [3.8, 4) is 0 Å². The van der Waals surface area contributed by atoms with Crippen LogP contribution in [0.3, 0.4) is 0 Å². The van der Waals surface area contributed by atoms with Crippen LogP contribution in [0.25, 0.3) is 4.96 Å². The molecule has 2 unspecified atom stereocenters.